The molecule has 100 valence electrons. The Balaban J connectivity index is 2.04. The summed E-state index contributed by atoms with van der Waals surface area (Å²) in [4.78, 5) is 5.57. The summed E-state index contributed by atoms with van der Waals surface area (Å²) >= 11 is 0. The lowest BCUT2D eigenvalue weighted by Gasteiger charge is -2.39. The highest BCUT2D eigenvalue weighted by molar-refractivity contribution is 4.93. The summed E-state index contributed by atoms with van der Waals surface area (Å²) in [6.45, 7) is 11.0. The van der Waals surface area contributed by atoms with Gasteiger partial charge in [0, 0.05) is 18.1 Å². The first kappa shape index (κ1) is 13.4. The van der Waals surface area contributed by atoms with E-state index in [1.54, 1.807) is 0 Å². The average molecular weight is 238 g/mol. The van der Waals surface area contributed by atoms with Crippen LogP contribution >= 0.6 is 0 Å². The van der Waals surface area contributed by atoms with Crippen molar-refractivity contribution in [3.05, 3.63) is 0 Å². The zero-order valence-electron chi connectivity index (χ0n) is 12.0. The monoisotopic (exact) mass is 238 g/mol. The number of likely N-dealkylation sites (N-methyl/N-ethyl adjacent to an activating group) is 1. The molecule has 2 rings (SSSR count). The van der Waals surface area contributed by atoms with Gasteiger partial charge in [-0.3, -0.25) is 9.80 Å². The third-order valence-corrected chi connectivity index (χ3v) is 5.00. The quantitative estimate of drug-likeness (QED) is 0.726. The van der Waals surface area contributed by atoms with E-state index < -0.39 is 0 Å². The lowest BCUT2D eigenvalue weighted by atomic mass is 9.99. The van der Waals surface area contributed by atoms with E-state index in [4.69, 9.17) is 0 Å². The number of rotatable bonds is 5. The molecule has 3 atom stereocenters. The summed E-state index contributed by atoms with van der Waals surface area (Å²) in [5.74, 6) is 0. The zero-order chi connectivity index (χ0) is 12.3. The summed E-state index contributed by atoms with van der Waals surface area (Å²) in [5.41, 5.74) is 0. The summed E-state index contributed by atoms with van der Waals surface area (Å²) in [7, 11) is 0. The Morgan fingerprint density at radius 3 is 2.47 bits per heavy atom. The van der Waals surface area contributed by atoms with Crippen molar-refractivity contribution in [2.75, 3.05) is 19.6 Å². The summed E-state index contributed by atoms with van der Waals surface area (Å²) < 4.78 is 0. The molecule has 0 saturated carbocycles. The number of likely N-dealkylation sites (tertiary alicyclic amines) is 2. The lowest BCUT2D eigenvalue weighted by molar-refractivity contribution is 0.0900. The van der Waals surface area contributed by atoms with Crippen LogP contribution in [0.4, 0.5) is 0 Å². The Hall–Kier alpha value is -0.0800. The van der Waals surface area contributed by atoms with Crippen molar-refractivity contribution in [1.29, 1.82) is 0 Å². The highest BCUT2D eigenvalue weighted by Crippen LogP contribution is 2.31. The molecule has 0 spiro atoms. The molecule has 2 aliphatic rings. The van der Waals surface area contributed by atoms with Gasteiger partial charge >= 0.3 is 0 Å². The van der Waals surface area contributed by atoms with Gasteiger partial charge in [0.1, 0.15) is 0 Å². The maximum Gasteiger partial charge on any atom is 0.0251 e. The molecule has 0 radical (unpaired) electrons. The van der Waals surface area contributed by atoms with Crippen molar-refractivity contribution in [3.8, 4) is 0 Å². The Morgan fingerprint density at radius 2 is 1.82 bits per heavy atom. The van der Waals surface area contributed by atoms with E-state index >= 15 is 0 Å². The molecule has 2 heteroatoms. The van der Waals surface area contributed by atoms with Crippen LogP contribution in [0.1, 0.15) is 59.3 Å². The maximum absolute atomic E-state index is 2.85. The van der Waals surface area contributed by atoms with E-state index in [9.17, 15) is 0 Å². The number of hydrogen-bond acceptors (Lipinski definition) is 2. The Bertz CT molecular complexity index is 207. The maximum atomic E-state index is 2.85. The molecule has 0 amide bonds. The fourth-order valence-corrected chi connectivity index (χ4v) is 4.14. The standard InChI is InChI=1S/C15H30N2/c1-4-13-9-7-12-17(13)14(5-2)15-10-8-11-16(15)6-3/h13-15H,4-12H2,1-3H3. The van der Waals surface area contributed by atoms with Crippen LogP contribution in [0.5, 0.6) is 0 Å². The second-order valence-corrected chi connectivity index (χ2v) is 5.76. The van der Waals surface area contributed by atoms with Gasteiger partial charge in [-0.25, -0.2) is 0 Å². The van der Waals surface area contributed by atoms with E-state index in [2.05, 4.69) is 30.6 Å². The molecule has 0 aliphatic carbocycles. The molecular formula is C15H30N2. The van der Waals surface area contributed by atoms with Gasteiger partial charge in [-0.2, -0.15) is 0 Å². The van der Waals surface area contributed by atoms with Crippen LogP contribution in [0.25, 0.3) is 0 Å². The van der Waals surface area contributed by atoms with E-state index in [1.807, 2.05) is 0 Å². The molecule has 2 aliphatic heterocycles. The van der Waals surface area contributed by atoms with E-state index in [0.29, 0.717) is 0 Å². The molecule has 3 unspecified atom stereocenters. The molecule has 0 aromatic rings. The molecule has 0 aromatic carbocycles. The first-order chi connectivity index (χ1) is 8.31. The SMILES string of the molecule is CCC1CCCN1C(CC)C1CCCN1CC. The Morgan fingerprint density at radius 1 is 1.06 bits per heavy atom. The Labute approximate surface area is 107 Å². The van der Waals surface area contributed by atoms with Gasteiger partial charge in [0.05, 0.1) is 0 Å². The van der Waals surface area contributed by atoms with Crippen molar-refractivity contribution in [3.63, 3.8) is 0 Å². The third kappa shape index (κ3) is 2.68. The van der Waals surface area contributed by atoms with Crippen molar-refractivity contribution >= 4 is 0 Å². The predicted octanol–water partition coefficient (Wildman–Crippen LogP) is 3.12. The molecule has 2 heterocycles. The van der Waals surface area contributed by atoms with Crippen LogP contribution < -0.4 is 0 Å². The van der Waals surface area contributed by atoms with Crippen molar-refractivity contribution in [1.82, 2.24) is 9.80 Å². The minimum absolute atomic E-state index is 0.824. The summed E-state index contributed by atoms with van der Waals surface area (Å²) in [6, 6.07) is 2.54. The van der Waals surface area contributed by atoms with Crippen LogP contribution in [0.3, 0.4) is 0 Å². The topological polar surface area (TPSA) is 6.48 Å². The largest absolute Gasteiger partial charge is 0.299 e. The summed E-state index contributed by atoms with van der Waals surface area (Å²) in [6.07, 6.45) is 8.38. The van der Waals surface area contributed by atoms with Crippen molar-refractivity contribution < 1.29 is 0 Å². The molecule has 2 nitrogen and oxygen atoms in total. The molecule has 0 N–H and O–H groups in total. The zero-order valence-corrected chi connectivity index (χ0v) is 12.0. The van der Waals surface area contributed by atoms with Gasteiger partial charge in [0.2, 0.25) is 0 Å². The minimum atomic E-state index is 0.824. The van der Waals surface area contributed by atoms with E-state index in [1.165, 1.54) is 58.2 Å². The van der Waals surface area contributed by atoms with Crippen LogP contribution in [0.15, 0.2) is 0 Å². The van der Waals surface area contributed by atoms with Crippen molar-refractivity contribution in [2.45, 2.75) is 77.4 Å². The van der Waals surface area contributed by atoms with Crippen LogP contribution in [-0.4, -0.2) is 47.6 Å². The predicted molar refractivity (Wildman–Crippen MR) is 74.4 cm³/mol. The Kier molecular flexibility index (Phi) is 4.87. The number of nitrogens with zero attached hydrogens (tertiary/aromatic N) is 2. The molecule has 0 bridgehead atoms. The molecule has 2 saturated heterocycles. The van der Waals surface area contributed by atoms with Gasteiger partial charge in [0.25, 0.3) is 0 Å². The fourth-order valence-electron chi connectivity index (χ4n) is 4.14. The van der Waals surface area contributed by atoms with Crippen LogP contribution in [-0.2, 0) is 0 Å². The molecule has 17 heavy (non-hydrogen) atoms. The molecule has 0 aromatic heterocycles. The minimum Gasteiger partial charge on any atom is -0.299 e. The van der Waals surface area contributed by atoms with Gasteiger partial charge in [-0.1, -0.05) is 20.8 Å². The van der Waals surface area contributed by atoms with Crippen LogP contribution in [0, 0.1) is 0 Å². The van der Waals surface area contributed by atoms with Gasteiger partial charge < -0.3 is 0 Å². The fraction of sp³-hybridized carbons (Fsp3) is 1.00. The first-order valence-electron chi connectivity index (χ1n) is 7.81. The van der Waals surface area contributed by atoms with Crippen molar-refractivity contribution in [2.24, 2.45) is 0 Å². The van der Waals surface area contributed by atoms with E-state index in [-0.39, 0.29) is 0 Å². The third-order valence-electron chi connectivity index (χ3n) is 5.00. The highest BCUT2D eigenvalue weighted by atomic mass is 15.3. The van der Waals surface area contributed by atoms with Gasteiger partial charge in [-0.05, 0) is 58.2 Å². The molecular weight excluding hydrogens is 208 g/mol. The normalized spacial score (nSPS) is 33.4. The van der Waals surface area contributed by atoms with E-state index in [0.717, 1.165) is 18.1 Å². The first-order valence-corrected chi connectivity index (χ1v) is 7.81. The van der Waals surface area contributed by atoms with Gasteiger partial charge in [-0.15, -0.1) is 0 Å². The molecule has 2 fully saturated rings. The van der Waals surface area contributed by atoms with Crippen LogP contribution in [0.2, 0.25) is 0 Å². The van der Waals surface area contributed by atoms with Gasteiger partial charge in [0.15, 0.2) is 0 Å². The average Bonchev–Trinajstić information content (AvgIpc) is 2.98. The second kappa shape index (κ2) is 6.19. The summed E-state index contributed by atoms with van der Waals surface area (Å²) in [5, 5.41) is 0. The lowest BCUT2D eigenvalue weighted by Crippen LogP contribution is -2.50. The highest BCUT2D eigenvalue weighted by Gasteiger charge is 2.37. The number of hydrogen-bond donors (Lipinski definition) is 0. The smallest absolute Gasteiger partial charge is 0.0251 e. The second-order valence-electron chi connectivity index (χ2n) is 5.76.